The highest BCUT2D eigenvalue weighted by molar-refractivity contribution is 6.13. The van der Waals surface area contributed by atoms with Gasteiger partial charge in [0.1, 0.15) is 12.8 Å². The van der Waals surface area contributed by atoms with Crippen molar-refractivity contribution < 1.29 is 67.0 Å². The number of benzene rings is 2. The Morgan fingerprint density at radius 2 is 1.51 bits per heavy atom. The summed E-state index contributed by atoms with van der Waals surface area (Å²) >= 11 is 0. The van der Waals surface area contributed by atoms with E-state index >= 15 is 0 Å². The van der Waals surface area contributed by atoms with Crippen LogP contribution in [0.4, 0.5) is 5.69 Å². The molecule has 8 aliphatic rings. The number of nitrogens with one attached hydrogen (secondary N) is 2. The summed E-state index contributed by atoms with van der Waals surface area (Å²) in [6, 6.07) is 16.2. The molecule has 3 heterocycles. The number of para-hydroxylation sites is 1. The van der Waals surface area contributed by atoms with Gasteiger partial charge in [0.05, 0.1) is 83.8 Å². The monoisotopic (exact) mass is 1090 g/mol. The van der Waals surface area contributed by atoms with Crippen molar-refractivity contribution in [2.24, 2.45) is 28.6 Å². The molecule has 0 spiro atoms. The molecule has 426 valence electrons. The fourth-order valence-corrected chi connectivity index (χ4v) is 14.1. The van der Waals surface area contributed by atoms with Crippen molar-refractivity contribution in [1.82, 2.24) is 15.5 Å². The molecule has 18 heteroatoms. The number of anilines is 1. The smallest absolute Gasteiger partial charge is 0.244 e. The van der Waals surface area contributed by atoms with Crippen molar-refractivity contribution in [1.29, 1.82) is 0 Å². The quantitative estimate of drug-likeness (QED) is 0.0974. The summed E-state index contributed by atoms with van der Waals surface area (Å²) in [7, 11) is 0. The number of hydrogen-bond donors (Lipinski definition) is 3. The van der Waals surface area contributed by atoms with E-state index in [0.29, 0.717) is 85.0 Å². The van der Waals surface area contributed by atoms with Gasteiger partial charge in [0.15, 0.2) is 23.5 Å². The highest BCUT2D eigenvalue weighted by atomic mass is 16.7. The highest BCUT2D eigenvalue weighted by Crippen LogP contribution is 2.70. The van der Waals surface area contributed by atoms with Crippen LogP contribution < -0.4 is 15.5 Å². The number of rotatable bonds is 26. The Kier molecular flexibility index (Phi) is 17.8. The van der Waals surface area contributed by atoms with Gasteiger partial charge in [-0.15, -0.1) is 0 Å². The third-order valence-corrected chi connectivity index (χ3v) is 18.2. The van der Waals surface area contributed by atoms with Gasteiger partial charge in [0, 0.05) is 61.1 Å². The SMILES string of the molecule is CCCC1O[C@@H]2C[C@H]3[C@@H]4CCC5=CC(=O)C=C[C@]5(C)[C@H]4[C@@H](O)C[C@]3(C)[C@]2(C(=O)COC2CCN2C(=O)CNC(=O)CCOCCOCCOCCOCCNC(=O)CCC(=O)N2Cc3ccccc3C3=C(C3)c3ccccc32)O1. The fourth-order valence-electron chi connectivity index (χ4n) is 14.1. The van der Waals surface area contributed by atoms with Crippen molar-refractivity contribution in [2.75, 3.05) is 84.0 Å². The van der Waals surface area contributed by atoms with Crippen molar-refractivity contribution in [2.45, 2.75) is 128 Å². The van der Waals surface area contributed by atoms with Gasteiger partial charge in [-0.3, -0.25) is 28.8 Å². The number of carbonyl (C=O) groups excluding carboxylic acids is 6. The first-order valence-corrected chi connectivity index (χ1v) is 28.7. The average Bonchev–Trinajstić information content (AvgIpc) is 3.60. The van der Waals surface area contributed by atoms with E-state index in [-0.39, 0.29) is 98.6 Å². The Bertz CT molecular complexity index is 2720. The standard InChI is InChI=1S/C61H78N4O14/c1-4-9-57-78-51-34-47-44-15-14-40-32-41(66)18-21-59(40,2)58(44)49(67)35-60(47,3)61(51,79-57)50(68)38-77-56-19-23-64(56)55(72)36-63-53(70)20-24-73-26-28-75-30-31-76-29-27-74-25-22-62-52(69)16-17-54(71)65-37-39-10-5-6-11-42(39)45-33-46(45)43-12-7-8-13-48(43)65/h5-8,10-13,18,21,32,44,47,49,51,56-58,67H,4,9,14-17,19-20,22-31,33-38H2,1-3H3,(H,62,69)(H,63,70)/t44-,47-,49-,51+,56?,57?,58+,59-,60-,61+/m0/s1. The maximum absolute atomic E-state index is 14.7. The predicted molar refractivity (Wildman–Crippen MR) is 291 cm³/mol. The van der Waals surface area contributed by atoms with E-state index in [0.717, 1.165) is 48.1 Å². The van der Waals surface area contributed by atoms with E-state index in [9.17, 15) is 33.9 Å². The largest absolute Gasteiger partial charge is 0.393 e. The number of Topliss-reactive ketones (excluding diaryl/α,β-unsaturated/α-hetero) is 1. The van der Waals surface area contributed by atoms with Crippen molar-refractivity contribution in [3.63, 3.8) is 0 Å². The number of amides is 4. The molecule has 5 fully saturated rings. The molecule has 3 aliphatic heterocycles. The number of ether oxygens (including phenoxy) is 7. The molecule has 10 rings (SSSR count). The minimum atomic E-state index is -1.32. The number of aliphatic hydroxyl groups excluding tert-OH is 1. The second kappa shape index (κ2) is 24.7. The fraction of sp³-hybridized carbons (Fsp3) is 0.607. The number of allylic oxidation sites excluding steroid dienone is 6. The van der Waals surface area contributed by atoms with E-state index in [1.807, 2.05) is 48.2 Å². The van der Waals surface area contributed by atoms with Crippen molar-refractivity contribution in [3.8, 4) is 0 Å². The number of nitrogens with zero attached hydrogens (tertiary/aromatic N) is 2. The molecule has 3 saturated carbocycles. The first-order chi connectivity index (χ1) is 38.3. The van der Waals surface area contributed by atoms with Crippen LogP contribution in [-0.4, -0.2) is 155 Å². The van der Waals surface area contributed by atoms with Gasteiger partial charge >= 0.3 is 0 Å². The lowest BCUT2D eigenvalue weighted by atomic mass is 9.46. The Morgan fingerprint density at radius 1 is 0.810 bits per heavy atom. The van der Waals surface area contributed by atoms with Crippen LogP contribution >= 0.6 is 0 Å². The van der Waals surface area contributed by atoms with Crippen LogP contribution in [0, 0.1) is 28.6 Å². The third kappa shape index (κ3) is 11.7. The summed E-state index contributed by atoms with van der Waals surface area (Å²) in [5, 5.41) is 17.6. The van der Waals surface area contributed by atoms with Crippen LogP contribution in [0.1, 0.15) is 108 Å². The zero-order chi connectivity index (χ0) is 55.3. The number of fused-ring (bicyclic) bond motifs is 11. The molecule has 2 unspecified atom stereocenters. The molecule has 5 aliphatic carbocycles. The topological polar surface area (TPSA) is 218 Å². The molecule has 2 aromatic carbocycles. The molecule has 4 amide bonds. The van der Waals surface area contributed by atoms with Crippen LogP contribution in [-0.2, 0) is 68.5 Å². The van der Waals surface area contributed by atoms with E-state index in [1.165, 1.54) is 21.6 Å². The summed E-state index contributed by atoms with van der Waals surface area (Å²) in [6.07, 6.45) is 8.63. The first kappa shape index (κ1) is 56.8. The lowest BCUT2D eigenvalue weighted by Crippen LogP contribution is -2.64. The average molecular weight is 1090 g/mol. The van der Waals surface area contributed by atoms with E-state index in [1.54, 1.807) is 12.2 Å². The summed E-state index contributed by atoms with van der Waals surface area (Å²) in [4.78, 5) is 82.4. The van der Waals surface area contributed by atoms with Crippen LogP contribution in [0.15, 0.2) is 72.3 Å². The zero-order valence-electron chi connectivity index (χ0n) is 46.0. The number of likely N-dealkylation sites (tertiary alicyclic amines) is 1. The third-order valence-electron chi connectivity index (χ3n) is 18.2. The van der Waals surface area contributed by atoms with Gasteiger partial charge in [-0.2, -0.15) is 0 Å². The van der Waals surface area contributed by atoms with Gasteiger partial charge < -0.3 is 58.7 Å². The molecule has 0 bridgehead atoms. The molecular formula is C61H78N4O14. The number of ketones is 2. The van der Waals surface area contributed by atoms with Crippen LogP contribution in [0.3, 0.4) is 0 Å². The lowest BCUT2D eigenvalue weighted by molar-refractivity contribution is -0.206. The number of carbonyl (C=O) groups is 6. The van der Waals surface area contributed by atoms with Crippen molar-refractivity contribution >= 4 is 52.0 Å². The molecule has 3 N–H and O–H groups in total. The normalized spacial score (nSPS) is 29.8. The van der Waals surface area contributed by atoms with Gasteiger partial charge in [-0.25, -0.2) is 0 Å². The lowest BCUT2D eigenvalue weighted by Gasteiger charge is -2.59. The first-order valence-electron chi connectivity index (χ1n) is 28.7. The molecule has 79 heavy (non-hydrogen) atoms. The summed E-state index contributed by atoms with van der Waals surface area (Å²) in [5.74, 6) is -1.17. The van der Waals surface area contributed by atoms with E-state index in [4.69, 9.17) is 33.2 Å². The summed E-state index contributed by atoms with van der Waals surface area (Å²) < 4.78 is 41.8. The molecule has 2 saturated heterocycles. The van der Waals surface area contributed by atoms with E-state index in [2.05, 4.69) is 42.7 Å². The van der Waals surface area contributed by atoms with Crippen molar-refractivity contribution in [3.05, 3.63) is 89.0 Å². The molecule has 2 aromatic rings. The highest BCUT2D eigenvalue weighted by Gasteiger charge is 2.76. The minimum Gasteiger partial charge on any atom is -0.393 e. The Hall–Kier alpha value is -5.44. The zero-order valence-corrected chi connectivity index (χ0v) is 46.0. The number of hydrogen-bond acceptors (Lipinski definition) is 14. The molecule has 0 radical (unpaired) electrons. The van der Waals surface area contributed by atoms with Gasteiger partial charge in [0.2, 0.25) is 23.6 Å². The van der Waals surface area contributed by atoms with Crippen LogP contribution in [0.2, 0.25) is 0 Å². The summed E-state index contributed by atoms with van der Waals surface area (Å²) in [6.45, 7) is 9.42. The predicted octanol–water partition coefficient (Wildman–Crippen LogP) is 5.63. The second-order valence-electron chi connectivity index (χ2n) is 22.8. The van der Waals surface area contributed by atoms with Crippen LogP contribution in [0.5, 0.6) is 0 Å². The van der Waals surface area contributed by atoms with E-state index < -0.39 is 41.2 Å². The Morgan fingerprint density at radius 3 is 2.25 bits per heavy atom. The molecular weight excluding hydrogens is 1010 g/mol. The number of aliphatic hydroxyl groups is 1. The molecule has 0 aromatic heterocycles. The minimum absolute atomic E-state index is 0.0168. The van der Waals surface area contributed by atoms with Gasteiger partial charge in [-0.05, 0) is 90.9 Å². The molecule has 18 nitrogen and oxygen atoms in total. The Labute approximate surface area is 462 Å². The Balaban J connectivity index is 0.554. The second-order valence-corrected chi connectivity index (χ2v) is 22.8. The maximum Gasteiger partial charge on any atom is 0.244 e. The van der Waals surface area contributed by atoms with Crippen LogP contribution in [0.25, 0.3) is 11.1 Å². The summed E-state index contributed by atoms with van der Waals surface area (Å²) in [5.41, 5.74) is 5.47. The maximum atomic E-state index is 14.7. The van der Waals surface area contributed by atoms with Gasteiger partial charge in [-0.1, -0.05) is 81.3 Å². The van der Waals surface area contributed by atoms with Gasteiger partial charge in [0.25, 0.3) is 0 Å². The molecule has 10 atom stereocenters.